The summed E-state index contributed by atoms with van der Waals surface area (Å²) in [5.41, 5.74) is 7.24. The summed E-state index contributed by atoms with van der Waals surface area (Å²) in [7, 11) is 0. The van der Waals surface area contributed by atoms with E-state index in [1.54, 1.807) is 6.20 Å². The van der Waals surface area contributed by atoms with Crippen molar-refractivity contribution in [2.75, 3.05) is 0 Å². The fourth-order valence-corrected chi connectivity index (χ4v) is 2.16. The Morgan fingerprint density at radius 2 is 2.29 bits per heavy atom. The van der Waals surface area contributed by atoms with Gasteiger partial charge < -0.3 is 10.8 Å². The van der Waals surface area contributed by atoms with Crippen molar-refractivity contribution < 1.29 is 9.90 Å². The normalized spacial score (nSPS) is 19.1. The summed E-state index contributed by atoms with van der Waals surface area (Å²) in [6.45, 7) is 0. The Bertz CT molecular complexity index is 589. The molecule has 7 nitrogen and oxygen atoms in total. The highest BCUT2D eigenvalue weighted by Crippen LogP contribution is 2.50. The maximum Gasteiger partial charge on any atom is 0.321 e. The number of hydrogen-bond donors (Lipinski definition) is 3. The van der Waals surface area contributed by atoms with E-state index in [-0.39, 0.29) is 0 Å². The lowest BCUT2D eigenvalue weighted by Gasteiger charge is -2.19. The Balaban J connectivity index is 2.06. The number of fused-ring (bicyclic) bond motifs is 1. The number of nitrogens with two attached hydrogens (primary N) is 1. The highest BCUT2D eigenvalue weighted by atomic mass is 16.4. The number of nitrogens with zero attached hydrogens (tertiary/aromatic N) is 3. The van der Waals surface area contributed by atoms with Crippen molar-refractivity contribution in [3.63, 3.8) is 0 Å². The van der Waals surface area contributed by atoms with Crippen LogP contribution in [0.3, 0.4) is 0 Å². The molecule has 2 aromatic rings. The molecular weight excluding hydrogens is 222 g/mol. The van der Waals surface area contributed by atoms with Crippen LogP contribution in [0.1, 0.15) is 18.4 Å². The molecular formula is C10H11N5O2. The monoisotopic (exact) mass is 233 g/mol. The minimum Gasteiger partial charge on any atom is -0.480 e. The average Bonchev–Trinajstić information content (AvgIpc) is 2.99. The maximum atomic E-state index is 11.0. The second kappa shape index (κ2) is 3.24. The summed E-state index contributed by atoms with van der Waals surface area (Å²) in [5.74, 6) is -0.984. The number of carboxylic acid groups (broad SMARTS) is 1. The number of hydrogen-bond acceptors (Lipinski definition) is 5. The summed E-state index contributed by atoms with van der Waals surface area (Å²) < 4.78 is 0. The Hall–Kier alpha value is -2.02. The molecule has 0 amide bonds. The van der Waals surface area contributed by atoms with Gasteiger partial charge in [-0.15, -0.1) is 5.10 Å². The van der Waals surface area contributed by atoms with E-state index < -0.39 is 17.4 Å². The molecule has 88 valence electrons. The third kappa shape index (κ3) is 1.39. The Morgan fingerprint density at radius 3 is 2.94 bits per heavy atom. The van der Waals surface area contributed by atoms with E-state index in [1.165, 1.54) is 0 Å². The summed E-state index contributed by atoms with van der Waals surface area (Å²) in [4.78, 5) is 15.1. The third-order valence-electron chi connectivity index (χ3n) is 3.40. The lowest BCUT2D eigenvalue weighted by Crippen LogP contribution is -2.42. The van der Waals surface area contributed by atoms with Crippen LogP contribution >= 0.6 is 0 Å². The van der Waals surface area contributed by atoms with Crippen LogP contribution < -0.4 is 5.73 Å². The smallest absolute Gasteiger partial charge is 0.321 e. The summed E-state index contributed by atoms with van der Waals surface area (Å²) in [5, 5.41) is 19.3. The highest BCUT2D eigenvalue weighted by molar-refractivity contribution is 5.78. The summed E-state index contributed by atoms with van der Waals surface area (Å²) in [6.07, 6.45) is 3.18. The molecule has 0 radical (unpaired) electrons. The molecule has 0 saturated heterocycles. The van der Waals surface area contributed by atoms with E-state index in [0.717, 1.165) is 18.4 Å². The Kier molecular flexibility index (Phi) is 1.93. The van der Waals surface area contributed by atoms with Crippen LogP contribution in [-0.4, -0.2) is 37.5 Å². The fraction of sp³-hybridized carbons (Fsp3) is 0.400. The molecule has 17 heavy (non-hydrogen) atoms. The van der Waals surface area contributed by atoms with Gasteiger partial charge in [-0.3, -0.25) is 4.79 Å². The number of carbonyl (C=O) groups is 1. The molecule has 1 saturated carbocycles. The van der Waals surface area contributed by atoms with E-state index in [0.29, 0.717) is 11.2 Å². The number of carboxylic acids is 1. The van der Waals surface area contributed by atoms with E-state index in [4.69, 9.17) is 10.8 Å². The molecule has 1 atom stereocenters. The molecule has 1 aliphatic carbocycles. The second-order valence-electron chi connectivity index (χ2n) is 4.36. The van der Waals surface area contributed by atoms with Gasteiger partial charge in [0, 0.05) is 11.6 Å². The molecule has 3 rings (SSSR count). The van der Waals surface area contributed by atoms with Crippen LogP contribution in [-0.2, 0) is 10.2 Å². The minimum atomic E-state index is -0.984. The van der Waals surface area contributed by atoms with Gasteiger partial charge in [-0.25, -0.2) is 4.98 Å². The second-order valence-corrected chi connectivity index (χ2v) is 4.36. The Labute approximate surface area is 96.0 Å². The maximum absolute atomic E-state index is 11.0. The average molecular weight is 233 g/mol. The van der Waals surface area contributed by atoms with Crippen molar-refractivity contribution in [1.29, 1.82) is 0 Å². The fourth-order valence-electron chi connectivity index (χ4n) is 2.16. The predicted octanol–water partition coefficient (Wildman–Crippen LogP) is -0.204. The van der Waals surface area contributed by atoms with E-state index in [1.807, 2.05) is 6.07 Å². The van der Waals surface area contributed by atoms with Crippen molar-refractivity contribution in [2.45, 2.75) is 24.3 Å². The topological polar surface area (TPSA) is 118 Å². The lowest BCUT2D eigenvalue weighted by atomic mass is 9.89. The molecule has 1 aliphatic rings. The largest absolute Gasteiger partial charge is 0.480 e. The van der Waals surface area contributed by atoms with Gasteiger partial charge >= 0.3 is 5.97 Å². The van der Waals surface area contributed by atoms with Crippen molar-refractivity contribution in [1.82, 2.24) is 20.4 Å². The first-order valence-corrected chi connectivity index (χ1v) is 5.29. The molecule has 0 aromatic carbocycles. The van der Waals surface area contributed by atoms with Gasteiger partial charge in [0.1, 0.15) is 11.6 Å². The van der Waals surface area contributed by atoms with Gasteiger partial charge in [0.05, 0.1) is 0 Å². The Morgan fingerprint density at radius 1 is 1.53 bits per heavy atom. The molecule has 2 aromatic heterocycles. The van der Waals surface area contributed by atoms with Crippen LogP contribution in [0.4, 0.5) is 0 Å². The van der Waals surface area contributed by atoms with Crippen LogP contribution in [0.5, 0.6) is 0 Å². The zero-order valence-electron chi connectivity index (χ0n) is 8.92. The first kappa shape index (κ1) is 10.2. The van der Waals surface area contributed by atoms with Gasteiger partial charge in [-0.1, -0.05) is 0 Å². The van der Waals surface area contributed by atoms with Gasteiger partial charge in [0.2, 0.25) is 5.65 Å². The van der Waals surface area contributed by atoms with Gasteiger partial charge in [0.25, 0.3) is 0 Å². The van der Waals surface area contributed by atoms with Crippen LogP contribution in [0.2, 0.25) is 0 Å². The van der Waals surface area contributed by atoms with Gasteiger partial charge in [0.15, 0.2) is 0 Å². The summed E-state index contributed by atoms with van der Waals surface area (Å²) >= 11 is 0. The summed E-state index contributed by atoms with van der Waals surface area (Å²) in [6, 6.07) is 0.912. The van der Waals surface area contributed by atoms with E-state index >= 15 is 0 Å². The van der Waals surface area contributed by atoms with E-state index in [9.17, 15) is 4.79 Å². The first-order chi connectivity index (χ1) is 8.13. The molecule has 0 spiro atoms. The number of aromatic nitrogens is 4. The van der Waals surface area contributed by atoms with Gasteiger partial charge in [-0.05, 0) is 24.5 Å². The highest BCUT2D eigenvalue weighted by Gasteiger charge is 2.52. The molecule has 0 aliphatic heterocycles. The van der Waals surface area contributed by atoms with Gasteiger partial charge in [-0.2, -0.15) is 10.3 Å². The zero-order valence-corrected chi connectivity index (χ0v) is 8.92. The molecule has 1 fully saturated rings. The molecule has 0 bridgehead atoms. The number of nitrogens with one attached hydrogen (secondary N) is 1. The minimum absolute atomic E-state index is 0.480. The zero-order chi connectivity index (χ0) is 12.0. The van der Waals surface area contributed by atoms with Crippen molar-refractivity contribution in [2.24, 2.45) is 5.73 Å². The number of aromatic amines is 1. The third-order valence-corrected chi connectivity index (χ3v) is 3.40. The molecule has 7 heteroatoms. The van der Waals surface area contributed by atoms with Crippen LogP contribution in [0.25, 0.3) is 11.2 Å². The van der Waals surface area contributed by atoms with Crippen molar-refractivity contribution in [3.8, 4) is 0 Å². The van der Waals surface area contributed by atoms with Crippen molar-refractivity contribution in [3.05, 3.63) is 17.8 Å². The standard InChI is InChI=1S/C10H11N5O2/c11-7(9(16)17)10(1-2-10)5-3-6-8(12-4-5)14-15-13-6/h3-4,7H,1-2,11H2,(H,16,17)(H,12,13,14,15). The molecule has 1 unspecified atom stereocenters. The first-order valence-electron chi connectivity index (χ1n) is 5.29. The van der Waals surface area contributed by atoms with Crippen molar-refractivity contribution >= 4 is 17.1 Å². The number of rotatable bonds is 3. The molecule has 4 N–H and O–H groups in total. The lowest BCUT2D eigenvalue weighted by molar-refractivity contribution is -0.139. The number of aliphatic carboxylic acids is 1. The quantitative estimate of drug-likeness (QED) is 0.675. The predicted molar refractivity (Wildman–Crippen MR) is 58.2 cm³/mol. The van der Waals surface area contributed by atoms with Crippen LogP contribution in [0, 0.1) is 0 Å². The number of H-pyrrole nitrogens is 1. The van der Waals surface area contributed by atoms with Crippen LogP contribution in [0.15, 0.2) is 12.3 Å². The molecule has 2 heterocycles. The number of pyridine rings is 1. The SMILES string of the molecule is NC(C(=O)O)C1(c2cnc3n[nH]nc3c2)CC1. The van der Waals surface area contributed by atoms with E-state index in [2.05, 4.69) is 20.4 Å².